The Labute approximate surface area is 104 Å². The predicted octanol–water partition coefficient (Wildman–Crippen LogP) is 4.05. The zero-order valence-corrected chi connectivity index (χ0v) is 11.0. The van der Waals surface area contributed by atoms with Crippen molar-refractivity contribution in [1.29, 1.82) is 0 Å². The van der Waals surface area contributed by atoms with Gasteiger partial charge in [0.25, 0.3) is 0 Å². The van der Waals surface area contributed by atoms with Gasteiger partial charge < -0.3 is 5.11 Å². The van der Waals surface area contributed by atoms with Crippen LogP contribution in [0, 0.1) is 13.8 Å². The zero-order valence-electron chi connectivity index (χ0n) is 11.0. The summed E-state index contributed by atoms with van der Waals surface area (Å²) in [6.45, 7) is 6.30. The Morgan fingerprint density at radius 1 is 1.29 bits per heavy atom. The number of hydrogen-bond donors (Lipinski definition) is 1. The number of carboxylic acid groups (broad SMARTS) is 1. The fraction of sp³-hybridized carbons (Fsp3) is 0.533. The Hall–Kier alpha value is -1.31. The number of hydrogen-bond acceptors (Lipinski definition) is 1. The minimum Gasteiger partial charge on any atom is -0.481 e. The molecule has 0 aliphatic heterocycles. The van der Waals surface area contributed by atoms with Gasteiger partial charge >= 0.3 is 5.97 Å². The Morgan fingerprint density at radius 2 is 2.00 bits per heavy atom. The molecule has 0 amide bonds. The van der Waals surface area contributed by atoms with Crippen LogP contribution in [-0.4, -0.2) is 11.1 Å². The normalized spacial score (nSPS) is 12.4. The first-order valence-electron chi connectivity index (χ1n) is 6.33. The maximum atomic E-state index is 10.9. The lowest BCUT2D eigenvalue weighted by atomic mass is 9.89. The summed E-state index contributed by atoms with van der Waals surface area (Å²) >= 11 is 0. The lowest BCUT2D eigenvalue weighted by Gasteiger charge is -2.16. The summed E-state index contributed by atoms with van der Waals surface area (Å²) < 4.78 is 0. The highest BCUT2D eigenvalue weighted by atomic mass is 16.4. The summed E-state index contributed by atoms with van der Waals surface area (Å²) in [6.07, 6.45) is 3.40. The Kier molecular flexibility index (Phi) is 5.20. The van der Waals surface area contributed by atoms with Crippen LogP contribution in [0.4, 0.5) is 0 Å². The number of rotatable bonds is 6. The van der Waals surface area contributed by atoms with E-state index >= 15 is 0 Å². The largest absolute Gasteiger partial charge is 0.481 e. The average molecular weight is 234 g/mol. The molecule has 0 aliphatic carbocycles. The third-order valence-corrected chi connectivity index (χ3v) is 3.33. The molecule has 0 saturated heterocycles. The first kappa shape index (κ1) is 13.8. The molecular formula is C15H22O2. The molecular weight excluding hydrogens is 212 g/mol. The molecule has 0 bridgehead atoms. The van der Waals surface area contributed by atoms with Gasteiger partial charge in [0.1, 0.15) is 0 Å². The first-order chi connectivity index (χ1) is 8.04. The average Bonchev–Trinajstić information content (AvgIpc) is 2.27. The van der Waals surface area contributed by atoms with Crippen LogP contribution in [0.2, 0.25) is 0 Å². The highest BCUT2D eigenvalue weighted by Crippen LogP contribution is 2.27. The van der Waals surface area contributed by atoms with E-state index in [1.807, 2.05) is 0 Å². The van der Waals surface area contributed by atoms with E-state index in [1.54, 1.807) is 0 Å². The van der Waals surface area contributed by atoms with Crippen LogP contribution in [0.1, 0.15) is 55.2 Å². The minimum absolute atomic E-state index is 0.159. The number of carbonyl (C=O) groups is 1. The molecule has 1 N–H and O–H groups in total. The van der Waals surface area contributed by atoms with Crippen molar-refractivity contribution >= 4 is 5.97 Å². The third kappa shape index (κ3) is 4.22. The van der Waals surface area contributed by atoms with Crippen molar-refractivity contribution in [2.75, 3.05) is 0 Å². The van der Waals surface area contributed by atoms with Crippen LogP contribution in [0.25, 0.3) is 0 Å². The van der Waals surface area contributed by atoms with Gasteiger partial charge in [-0.05, 0) is 42.9 Å². The van der Waals surface area contributed by atoms with Crippen molar-refractivity contribution in [3.8, 4) is 0 Å². The SMILES string of the molecule is CCCCC(CC(=O)O)c1ccc(C)c(C)c1. The smallest absolute Gasteiger partial charge is 0.303 e. The number of unbranched alkanes of at least 4 members (excludes halogenated alkanes) is 1. The molecule has 0 heterocycles. The first-order valence-corrected chi connectivity index (χ1v) is 6.33. The summed E-state index contributed by atoms with van der Waals surface area (Å²) in [7, 11) is 0. The predicted molar refractivity (Wildman–Crippen MR) is 70.4 cm³/mol. The zero-order chi connectivity index (χ0) is 12.8. The molecule has 0 aromatic heterocycles. The second-order valence-corrected chi connectivity index (χ2v) is 4.78. The van der Waals surface area contributed by atoms with E-state index in [2.05, 4.69) is 39.0 Å². The molecule has 0 aliphatic rings. The number of benzene rings is 1. The molecule has 1 atom stereocenters. The molecule has 0 saturated carbocycles. The van der Waals surface area contributed by atoms with Crippen LogP contribution in [0.3, 0.4) is 0 Å². The van der Waals surface area contributed by atoms with Crippen LogP contribution in [0.5, 0.6) is 0 Å². The van der Waals surface area contributed by atoms with Crippen molar-refractivity contribution in [2.45, 2.75) is 52.4 Å². The van der Waals surface area contributed by atoms with E-state index in [1.165, 1.54) is 16.7 Å². The summed E-state index contributed by atoms with van der Waals surface area (Å²) in [5.74, 6) is -0.545. The van der Waals surface area contributed by atoms with E-state index in [-0.39, 0.29) is 12.3 Å². The lowest BCUT2D eigenvalue weighted by molar-refractivity contribution is -0.137. The molecule has 0 radical (unpaired) electrons. The van der Waals surface area contributed by atoms with Gasteiger partial charge in [0, 0.05) is 0 Å². The van der Waals surface area contributed by atoms with Gasteiger partial charge in [-0.2, -0.15) is 0 Å². The van der Waals surface area contributed by atoms with E-state index in [0.717, 1.165) is 19.3 Å². The van der Waals surface area contributed by atoms with Crippen LogP contribution in [0.15, 0.2) is 18.2 Å². The van der Waals surface area contributed by atoms with Crippen LogP contribution < -0.4 is 0 Å². The van der Waals surface area contributed by atoms with Crippen molar-refractivity contribution < 1.29 is 9.90 Å². The van der Waals surface area contributed by atoms with Crippen molar-refractivity contribution in [1.82, 2.24) is 0 Å². The topological polar surface area (TPSA) is 37.3 Å². The van der Waals surface area contributed by atoms with Gasteiger partial charge in [-0.3, -0.25) is 4.79 Å². The second-order valence-electron chi connectivity index (χ2n) is 4.78. The highest BCUT2D eigenvalue weighted by molar-refractivity contribution is 5.68. The van der Waals surface area contributed by atoms with Gasteiger partial charge in [0.15, 0.2) is 0 Å². The van der Waals surface area contributed by atoms with E-state index < -0.39 is 5.97 Å². The van der Waals surface area contributed by atoms with E-state index in [4.69, 9.17) is 5.11 Å². The van der Waals surface area contributed by atoms with Crippen molar-refractivity contribution in [2.24, 2.45) is 0 Å². The molecule has 17 heavy (non-hydrogen) atoms. The summed E-state index contributed by atoms with van der Waals surface area (Å²) in [5.41, 5.74) is 3.68. The van der Waals surface area contributed by atoms with Crippen LogP contribution in [-0.2, 0) is 4.79 Å². The van der Waals surface area contributed by atoms with Gasteiger partial charge in [-0.25, -0.2) is 0 Å². The monoisotopic (exact) mass is 234 g/mol. The summed E-state index contributed by atoms with van der Waals surface area (Å²) in [4.78, 5) is 10.9. The van der Waals surface area contributed by atoms with Crippen molar-refractivity contribution in [3.63, 3.8) is 0 Å². The fourth-order valence-corrected chi connectivity index (χ4v) is 2.07. The van der Waals surface area contributed by atoms with E-state index in [9.17, 15) is 4.79 Å². The highest BCUT2D eigenvalue weighted by Gasteiger charge is 2.15. The maximum Gasteiger partial charge on any atom is 0.303 e. The molecule has 1 aromatic carbocycles. The number of carboxylic acids is 1. The summed E-state index contributed by atoms with van der Waals surface area (Å²) in [5, 5.41) is 8.97. The number of aliphatic carboxylic acids is 1. The molecule has 1 rings (SSSR count). The van der Waals surface area contributed by atoms with Gasteiger partial charge in [-0.15, -0.1) is 0 Å². The molecule has 94 valence electrons. The van der Waals surface area contributed by atoms with Crippen molar-refractivity contribution in [3.05, 3.63) is 34.9 Å². The standard InChI is InChI=1S/C15H22O2/c1-4-5-6-13(10-15(16)17)14-8-7-11(2)12(3)9-14/h7-9,13H,4-6,10H2,1-3H3,(H,16,17). The molecule has 0 spiro atoms. The van der Waals surface area contributed by atoms with Gasteiger partial charge in [0.2, 0.25) is 0 Å². The Morgan fingerprint density at radius 3 is 2.53 bits per heavy atom. The molecule has 0 fully saturated rings. The third-order valence-electron chi connectivity index (χ3n) is 3.33. The quantitative estimate of drug-likeness (QED) is 0.806. The Bertz CT molecular complexity index is 383. The maximum absolute atomic E-state index is 10.9. The van der Waals surface area contributed by atoms with Crippen LogP contribution >= 0.6 is 0 Å². The lowest BCUT2D eigenvalue weighted by Crippen LogP contribution is -2.07. The second kappa shape index (κ2) is 6.43. The minimum atomic E-state index is -0.704. The fourth-order valence-electron chi connectivity index (χ4n) is 2.07. The molecule has 1 unspecified atom stereocenters. The molecule has 2 heteroatoms. The number of aryl methyl sites for hydroxylation is 2. The Balaban J connectivity index is 2.86. The summed E-state index contributed by atoms with van der Waals surface area (Å²) in [6, 6.07) is 6.30. The van der Waals surface area contributed by atoms with Gasteiger partial charge in [0.05, 0.1) is 6.42 Å². The molecule has 2 nitrogen and oxygen atoms in total. The molecule has 1 aromatic rings. The van der Waals surface area contributed by atoms with E-state index in [0.29, 0.717) is 0 Å². The van der Waals surface area contributed by atoms with Gasteiger partial charge in [-0.1, -0.05) is 38.0 Å².